The van der Waals surface area contributed by atoms with Crippen LogP contribution in [-0.2, 0) is 6.61 Å². The van der Waals surface area contributed by atoms with E-state index in [9.17, 15) is 5.11 Å². The van der Waals surface area contributed by atoms with E-state index in [1.54, 1.807) is 11.3 Å². The number of aliphatic hydroxyl groups is 1. The van der Waals surface area contributed by atoms with Crippen molar-refractivity contribution in [2.24, 2.45) is 0 Å². The van der Waals surface area contributed by atoms with Crippen molar-refractivity contribution in [3.05, 3.63) is 10.6 Å². The molecule has 0 spiro atoms. The molecule has 0 amide bonds. The summed E-state index contributed by atoms with van der Waals surface area (Å²) in [7, 11) is 0. The van der Waals surface area contributed by atoms with Crippen molar-refractivity contribution in [3.63, 3.8) is 0 Å². The molecule has 3 unspecified atom stereocenters. The summed E-state index contributed by atoms with van der Waals surface area (Å²) in [6, 6.07) is 1.22. The van der Waals surface area contributed by atoms with E-state index >= 15 is 0 Å². The van der Waals surface area contributed by atoms with Crippen LogP contribution in [-0.4, -0.2) is 46.7 Å². The lowest BCUT2D eigenvalue weighted by Gasteiger charge is -2.42. The molecule has 118 valence electrons. The topological polar surface area (TPSA) is 39.6 Å². The minimum absolute atomic E-state index is 0.120. The Hall–Kier alpha value is -0.650. The highest BCUT2D eigenvalue weighted by atomic mass is 32.1. The number of nitrogens with zero attached hydrogens (tertiary/aromatic N) is 3. The smallest absolute Gasteiger partial charge is 0.186 e. The highest BCUT2D eigenvalue weighted by Gasteiger charge is 2.35. The fraction of sp³-hybridized carbons (Fsp3) is 0.812. The SMILES string of the molecule is CCC(C)c1nc(N2CC3CCCN3CC2C)sc1CO. The van der Waals surface area contributed by atoms with Gasteiger partial charge in [-0.1, -0.05) is 25.2 Å². The average Bonchev–Trinajstić information content (AvgIpc) is 3.10. The van der Waals surface area contributed by atoms with E-state index in [-0.39, 0.29) is 6.61 Å². The summed E-state index contributed by atoms with van der Waals surface area (Å²) in [5, 5.41) is 10.8. The lowest BCUT2D eigenvalue weighted by atomic mass is 10.0. The van der Waals surface area contributed by atoms with Gasteiger partial charge < -0.3 is 10.0 Å². The first-order valence-corrected chi connectivity index (χ1v) is 9.06. The molecular formula is C16H27N3OS. The molecule has 3 rings (SSSR count). The number of hydrogen-bond donors (Lipinski definition) is 1. The molecule has 0 bridgehead atoms. The maximum Gasteiger partial charge on any atom is 0.186 e. The predicted molar refractivity (Wildman–Crippen MR) is 88.1 cm³/mol. The van der Waals surface area contributed by atoms with E-state index < -0.39 is 0 Å². The Labute approximate surface area is 131 Å². The molecule has 1 aromatic heterocycles. The van der Waals surface area contributed by atoms with Gasteiger partial charge in [-0.25, -0.2) is 4.98 Å². The van der Waals surface area contributed by atoms with E-state index in [2.05, 4.69) is 30.6 Å². The molecule has 3 atom stereocenters. The molecule has 1 aromatic rings. The maximum atomic E-state index is 9.63. The number of fused-ring (bicyclic) bond motifs is 1. The first-order chi connectivity index (χ1) is 10.1. The van der Waals surface area contributed by atoms with Gasteiger partial charge in [-0.05, 0) is 38.6 Å². The van der Waals surface area contributed by atoms with Crippen LogP contribution in [0, 0.1) is 0 Å². The van der Waals surface area contributed by atoms with Crippen molar-refractivity contribution in [2.45, 2.75) is 64.6 Å². The first-order valence-electron chi connectivity index (χ1n) is 8.25. The molecular weight excluding hydrogens is 282 g/mol. The third-order valence-electron chi connectivity index (χ3n) is 5.12. The van der Waals surface area contributed by atoms with Gasteiger partial charge in [0.25, 0.3) is 0 Å². The van der Waals surface area contributed by atoms with Gasteiger partial charge in [0, 0.05) is 25.2 Å². The molecule has 2 fully saturated rings. The second kappa shape index (κ2) is 6.23. The number of anilines is 1. The van der Waals surface area contributed by atoms with E-state index in [1.807, 2.05) is 0 Å². The van der Waals surface area contributed by atoms with Gasteiger partial charge in [0.15, 0.2) is 5.13 Å². The predicted octanol–water partition coefficient (Wildman–Crippen LogP) is 2.82. The Kier molecular flexibility index (Phi) is 4.52. The second-order valence-corrected chi connectivity index (χ2v) is 7.63. The van der Waals surface area contributed by atoms with Crippen LogP contribution in [0.15, 0.2) is 0 Å². The highest BCUT2D eigenvalue weighted by molar-refractivity contribution is 7.15. The van der Waals surface area contributed by atoms with Gasteiger partial charge in [0.05, 0.1) is 17.2 Å². The molecule has 0 radical (unpaired) electrons. The van der Waals surface area contributed by atoms with Crippen molar-refractivity contribution >= 4 is 16.5 Å². The highest BCUT2D eigenvalue weighted by Crippen LogP contribution is 2.35. The summed E-state index contributed by atoms with van der Waals surface area (Å²) < 4.78 is 0. The van der Waals surface area contributed by atoms with Crippen LogP contribution < -0.4 is 4.90 Å². The third-order valence-corrected chi connectivity index (χ3v) is 6.22. The number of rotatable bonds is 4. The summed E-state index contributed by atoms with van der Waals surface area (Å²) in [5.74, 6) is 0.431. The summed E-state index contributed by atoms with van der Waals surface area (Å²) in [6.45, 7) is 10.3. The van der Waals surface area contributed by atoms with Crippen molar-refractivity contribution in [1.29, 1.82) is 0 Å². The molecule has 0 aromatic carbocycles. The Morgan fingerprint density at radius 1 is 1.43 bits per heavy atom. The zero-order chi connectivity index (χ0) is 15.0. The Balaban J connectivity index is 1.84. The zero-order valence-corrected chi connectivity index (χ0v) is 14.2. The van der Waals surface area contributed by atoms with Crippen LogP contribution in [0.1, 0.15) is 56.5 Å². The minimum atomic E-state index is 0.120. The van der Waals surface area contributed by atoms with Crippen molar-refractivity contribution < 1.29 is 5.11 Å². The Morgan fingerprint density at radius 3 is 2.95 bits per heavy atom. The molecule has 1 N–H and O–H groups in total. The Bertz CT molecular complexity index is 490. The third kappa shape index (κ3) is 2.83. The van der Waals surface area contributed by atoms with Crippen molar-refractivity contribution in [3.8, 4) is 0 Å². The monoisotopic (exact) mass is 309 g/mol. The zero-order valence-electron chi connectivity index (χ0n) is 13.4. The molecule has 3 heterocycles. The first kappa shape index (κ1) is 15.3. The molecule has 4 nitrogen and oxygen atoms in total. The summed E-state index contributed by atoms with van der Waals surface area (Å²) in [4.78, 5) is 11.1. The molecule has 0 aliphatic carbocycles. The van der Waals surface area contributed by atoms with Gasteiger partial charge in [0.1, 0.15) is 0 Å². The van der Waals surface area contributed by atoms with Crippen LogP contribution in [0.2, 0.25) is 0 Å². The largest absolute Gasteiger partial charge is 0.391 e. The fourth-order valence-electron chi connectivity index (χ4n) is 3.62. The number of aromatic nitrogens is 1. The lowest BCUT2D eigenvalue weighted by Crippen LogP contribution is -2.55. The number of hydrogen-bond acceptors (Lipinski definition) is 5. The molecule has 21 heavy (non-hydrogen) atoms. The fourth-order valence-corrected chi connectivity index (χ4v) is 4.77. The van der Waals surface area contributed by atoms with E-state index in [0.717, 1.165) is 35.2 Å². The lowest BCUT2D eigenvalue weighted by molar-refractivity contribution is 0.203. The molecule has 5 heteroatoms. The van der Waals surface area contributed by atoms with Crippen LogP contribution >= 0.6 is 11.3 Å². The second-order valence-electron chi connectivity index (χ2n) is 6.56. The van der Waals surface area contributed by atoms with Crippen LogP contribution in [0.25, 0.3) is 0 Å². The van der Waals surface area contributed by atoms with Gasteiger partial charge in [-0.2, -0.15) is 0 Å². The van der Waals surface area contributed by atoms with E-state index in [0.29, 0.717) is 18.0 Å². The standard InChI is InChI=1S/C16H27N3OS/c1-4-11(2)15-14(10-20)21-16(17-15)19-9-13-6-5-7-18(13)8-12(19)3/h11-13,20H,4-10H2,1-3H3. The van der Waals surface area contributed by atoms with Crippen LogP contribution in [0.3, 0.4) is 0 Å². The number of aliphatic hydroxyl groups excluding tert-OH is 1. The van der Waals surface area contributed by atoms with E-state index in [4.69, 9.17) is 4.98 Å². The Morgan fingerprint density at radius 2 is 2.24 bits per heavy atom. The summed E-state index contributed by atoms with van der Waals surface area (Å²) >= 11 is 1.69. The van der Waals surface area contributed by atoms with Gasteiger partial charge in [-0.15, -0.1) is 0 Å². The number of piperazine rings is 1. The van der Waals surface area contributed by atoms with Gasteiger partial charge >= 0.3 is 0 Å². The normalized spacial score (nSPS) is 27.9. The van der Waals surface area contributed by atoms with Crippen molar-refractivity contribution in [1.82, 2.24) is 9.88 Å². The van der Waals surface area contributed by atoms with Gasteiger partial charge in [0.2, 0.25) is 0 Å². The molecule has 2 aliphatic rings. The maximum absolute atomic E-state index is 9.63. The average molecular weight is 309 g/mol. The number of thiazole rings is 1. The quantitative estimate of drug-likeness (QED) is 0.928. The van der Waals surface area contributed by atoms with E-state index in [1.165, 1.54) is 19.4 Å². The van der Waals surface area contributed by atoms with Crippen LogP contribution in [0.5, 0.6) is 0 Å². The van der Waals surface area contributed by atoms with Crippen molar-refractivity contribution in [2.75, 3.05) is 24.5 Å². The molecule has 0 saturated carbocycles. The van der Waals surface area contributed by atoms with Gasteiger partial charge in [-0.3, -0.25) is 4.90 Å². The summed E-state index contributed by atoms with van der Waals surface area (Å²) in [6.07, 6.45) is 3.73. The molecule has 2 aliphatic heterocycles. The summed E-state index contributed by atoms with van der Waals surface area (Å²) in [5.41, 5.74) is 1.11. The molecule has 2 saturated heterocycles. The van der Waals surface area contributed by atoms with Crippen LogP contribution in [0.4, 0.5) is 5.13 Å². The minimum Gasteiger partial charge on any atom is -0.391 e.